The number of esters is 1. The van der Waals surface area contributed by atoms with Crippen molar-refractivity contribution in [3.8, 4) is 17.6 Å². The van der Waals surface area contributed by atoms with E-state index in [-0.39, 0.29) is 24.0 Å². The maximum atomic E-state index is 11.9. The summed E-state index contributed by atoms with van der Waals surface area (Å²) >= 11 is 0. The topological polar surface area (TPSA) is 112 Å². The second-order valence-corrected chi connectivity index (χ2v) is 6.25. The molecule has 2 aromatic rings. The summed E-state index contributed by atoms with van der Waals surface area (Å²) in [6.45, 7) is 3.59. The molecule has 150 valence electrons. The van der Waals surface area contributed by atoms with Crippen LogP contribution in [0.1, 0.15) is 25.0 Å². The number of benzene rings is 2. The Kier molecular flexibility index (Phi) is 7.32. The van der Waals surface area contributed by atoms with Crippen LogP contribution in [-0.4, -0.2) is 24.1 Å². The largest absolute Gasteiger partial charge is 0.493 e. The molecule has 0 saturated heterocycles. The maximum absolute atomic E-state index is 11.9. The summed E-state index contributed by atoms with van der Waals surface area (Å²) in [4.78, 5) is 22.2. The van der Waals surface area contributed by atoms with E-state index in [4.69, 9.17) is 14.2 Å². The molecule has 29 heavy (non-hydrogen) atoms. The minimum absolute atomic E-state index is 0.00626. The van der Waals surface area contributed by atoms with Crippen molar-refractivity contribution in [1.82, 2.24) is 0 Å². The Labute approximate surface area is 168 Å². The molecule has 0 aromatic heterocycles. The van der Waals surface area contributed by atoms with Crippen molar-refractivity contribution >= 4 is 17.7 Å². The highest BCUT2D eigenvalue weighted by molar-refractivity contribution is 5.98. The van der Waals surface area contributed by atoms with Crippen LogP contribution in [0, 0.1) is 21.4 Å². The van der Waals surface area contributed by atoms with Crippen LogP contribution >= 0.6 is 0 Å². The minimum atomic E-state index is -0.694. The van der Waals surface area contributed by atoms with Gasteiger partial charge in [-0.25, -0.2) is 4.79 Å². The van der Waals surface area contributed by atoms with Gasteiger partial charge in [0.2, 0.25) is 0 Å². The zero-order chi connectivity index (χ0) is 21.4. The van der Waals surface area contributed by atoms with E-state index in [2.05, 4.69) is 0 Å². The first-order chi connectivity index (χ1) is 13.8. The summed E-state index contributed by atoms with van der Waals surface area (Å²) < 4.78 is 16.1. The number of nitriles is 1. The lowest BCUT2D eigenvalue weighted by molar-refractivity contribution is -0.384. The van der Waals surface area contributed by atoms with Crippen molar-refractivity contribution in [2.24, 2.45) is 0 Å². The van der Waals surface area contributed by atoms with E-state index in [0.717, 1.165) is 5.56 Å². The highest BCUT2D eigenvalue weighted by Gasteiger charge is 2.13. The fourth-order valence-electron chi connectivity index (χ4n) is 2.35. The lowest BCUT2D eigenvalue weighted by Crippen LogP contribution is -2.12. The molecule has 0 unspecified atom stereocenters. The molecular weight excluding hydrogens is 376 g/mol. The molecule has 0 N–H and O–H groups in total. The molecule has 0 bridgehead atoms. The highest BCUT2D eigenvalue weighted by atomic mass is 16.6. The van der Waals surface area contributed by atoms with Crippen molar-refractivity contribution in [2.45, 2.75) is 26.6 Å². The van der Waals surface area contributed by atoms with Crippen LogP contribution in [-0.2, 0) is 16.1 Å². The Morgan fingerprint density at radius 2 is 1.90 bits per heavy atom. The van der Waals surface area contributed by atoms with Gasteiger partial charge in [0.15, 0.2) is 11.5 Å². The SMILES string of the molecule is COc1cc(C=C(C#N)C(=O)OC(C)C)ccc1OCc1ccc([N+](=O)[O-])cc1. The average molecular weight is 396 g/mol. The normalized spacial score (nSPS) is 10.9. The van der Waals surface area contributed by atoms with Crippen molar-refractivity contribution in [3.63, 3.8) is 0 Å². The van der Waals surface area contributed by atoms with Gasteiger partial charge in [-0.15, -0.1) is 0 Å². The van der Waals surface area contributed by atoms with Crippen LogP contribution in [0.15, 0.2) is 48.0 Å². The van der Waals surface area contributed by atoms with Crippen LogP contribution in [0.5, 0.6) is 11.5 Å². The quantitative estimate of drug-likeness (QED) is 0.218. The van der Waals surface area contributed by atoms with E-state index in [1.54, 1.807) is 44.2 Å². The number of rotatable bonds is 8. The first-order valence-corrected chi connectivity index (χ1v) is 8.71. The van der Waals surface area contributed by atoms with Crippen LogP contribution in [0.3, 0.4) is 0 Å². The monoisotopic (exact) mass is 396 g/mol. The second kappa shape index (κ2) is 9.90. The van der Waals surface area contributed by atoms with Gasteiger partial charge in [-0.3, -0.25) is 10.1 Å². The maximum Gasteiger partial charge on any atom is 0.349 e. The molecule has 0 aliphatic carbocycles. The molecule has 2 rings (SSSR count). The Morgan fingerprint density at radius 3 is 2.45 bits per heavy atom. The van der Waals surface area contributed by atoms with Crippen molar-refractivity contribution in [2.75, 3.05) is 7.11 Å². The number of carbonyl (C=O) groups excluding carboxylic acids is 1. The summed E-state index contributed by atoms with van der Waals surface area (Å²) in [5.74, 6) is 0.168. The molecular formula is C21H20N2O6. The smallest absolute Gasteiger partial charge is 0.349 e. The van der Waals surface area contributed by atoms with Crippen molar-refractivity contribution < 1.29 is 23.9 Å². The Bertz CT molecular complexity index is 958. The standard InChI is InChI=1S/C21H20N2O6/c1-14(2)29-21(24)17(12-22)10-16-6-9-19(20(11-16)27-3)28-13-15-4-7-18(8-5-15)23(25)26/h4-11,14H,13H2,1-3H3. The third kappa shape index (κ3) is 6.07. The van der Waals surface area contributed by atoms with Crippen LogP contribution in [0.4, 0.5) is 5.69 Å². The van der Waals surface area contributed by atoms with Gasteiger partial charge >= 0.3 is 5.97 Å². The van der Waals surface area contributed by atoms with Gasteiger partial charge in [0.05, 0.1) is 18.1 Å². The highest BCUT2D eigenvalue weighted by Crippen LogP contribution is 2.30. The predicted molar refractivity (Wildman–Crippen MR) is 105 cm³/mol. The zero-order valence-corrected chi connectivity index (χ0v) is 16.2. The molecule has 0 aliphatic rings. The molecule has 0 fully saturated rings. The molecule has 0 saturated carbocycles. The summed E-state index contributed by atoms with van der Waals surface area (Å²) in [5, 5.41) is 19.9. The molecule has 8 heteroatoms. The molecule has 2 aromatic carbocycles. The van der Waals surface area contributed by atoms with E-state index >= 15 is 0 Å². The molecule has 0 aliphatic heterocycles. The van der Waals surface area contributed by atoms with Crippen LogP contribution < -0.4 is 9.47 Å². The molecule has 8 nitrogen and oxygen atoms in total. The van der Waals surface area contributed by atoms with Crippen molar-refractivity contribution in [3.05, 3.63) is 69.3 Å². The number of nitro benzene ring substituents is 1. The summed E-state index contributed by atoms with van der Waals surface area (Å²) in [5.41, 5.74) is 1.21. The fourth-order valence-corrected chi connectivity index (χ4v) is 2.35. The molecule has 0 spiro atoms. The van der Waals surface area contributed by atoms with Gasteiger partial charge in [0, 0.05) is 12.1 Å². The number of methoxy groups -OCH3 is 1. The Hall–Kier alpha value is -3.86. The van der Waals surface area contributed by atoms with Gasteiger partial charge in [-0.05, 0) is 55.3 Å². The lowest BCUT2D eigenvalue weighted by atomic mass is 10.1. The van der Waals surface area contributed by atoms with Gasteiger partial charge in [0.25, 0.3) is 5.69 Å². The van der Waals surface area contributed by atoms with Gasteiger partial charge in [-0.1, -0.05) is 6.07 Å². The summed E-state index contributed by atoms with van der Waals surface area (Å²) in [6, 6.07) is 12.8. The zero-order valence-electron chi connectivity index (χ0n) is 16.2. The van der Waals surface area contributed by atoms with Gasteiger partial charge < -0.3 is 14.2 Å². The third-order valence-electron chi connectivity index (χ3n) is 3.72. The number of nitro groups is 1. The predicted octanol–water partition coefficient (Wildman–Crippen LogP) is 4.04. The summed E-state index contributed by atoms with van der Waals surface area (Å²) in [7, 11) is 1.47. The Balaban J connectivity index is 2.15. The molecule has 0 amide bonds. The molecule has 0 atom stereocenters. The number of non-ortho nitro benzene ring substituents is 1. The first kappa shape index (κ1) is 21.4. The van der Waals surface area contributed by atoms with Crippen molar-refractivity contribution in [1.29, 1.82) is 5.26 Å². The minimum Gasteiger partial charge on any atom is -0.493 e. The van der Waals surface area contributed by atoms with E-state index in [9.17, 15) is 20.2 Å². The second-order valence-electron chi connectivity index (χ2n) is 6.25. The number of ether oxygens (including phenoxy) is 3. The molecule has 0 heterocycles. The third-order valence-corrected chi connectivity index (χ3v) is 3.72. The molecule has 0 radical (unpaired) electrons. The Morgan fingerprint density at radius 1 is 1.21 bits per heavy atom. The number of nitrogens with zero attached hydrogens (tertiary/aromatic N) is 2. The van der Waals surface area contributed by atoms with Gasteiger partial charge in [0.1, 0.15) is 18.2 Å². The van der Waals surface area contributed by atoms with E-state index < -0.39 is 10.9 Å². The fraction of sp³-hybridized carbons (Fsp3) is 0.238. The first-order valence-electron chi connectivity index (χ1n) is 8.71. The van der Waals surface area contributed by atoms with Crippen LogP contribution in [0.25, 0.3) is 6.08 Å². The van der Waals surface area contributed by atoms with Gasteiger partial charge in [-0.2, -0.15) is 5.26 Å². The van der Waals surface area contributed by atoms with E-state index in [1.807, 2.05) is 6.07 Å². The van der Waals surface area contributed by atoms with E-state index in [0.29, 0.717) is 17.1 Å². The number of hydrogen-bond donors (Lipinski definition) is 0. The number of hydrogen-bond acceptors (Lipinski definition) is 7. The summed E-state index contributed by atoms with van der Waals surface area (Å²) in [6.07, 6.45) is 1.08. The number of carbonyl (C=O) groups is 1. The van der Waals surface area contributed by atoms with E-state index in [1.165, 1.54) is 25.3 Å². The average Bonchev–Trinajstić information content (AvgIpc) is 2.70. The lowest BCUT2D eigenvalue weighted by Gasteiger charge is -2.12. The van der Waals surface area contributed by atoms with Crippen LogP contribution in [0.2, 0.25) is 0 Å².